The maximum Gasteiger partial charge on any atom is 0.266 e. The smallest absolute Gasteiger partial charge is 0.266 e. The summed E-state index contributed by atoms with van der Waals surface area (Å²) in [5, 5.41) is 2.08. The molecule has 8 heteroatoms. The van der Waals surface area contributed by atoms with Gasteiger partial charge in [0.15, 0.2) is 5.16 Å². The Kier molecular flexibility index (Phi) is 4.64. The molecule has 0 spiro atoms. The van der Waals surface area contributed by atoms with Crippen LogP contribution in [0.2, 0.25) is 0 Å². The Labute approximate surface area is 149 Å². The van der Waals surface area contributed by atoms with Crippen molar-refractivity contribution in [2.24, 2.45) is 0 Å². The van der Waals surface area contributed by atoms with Crippen LogP contribution in [0.25, 0.3) is 16.6 Å². The Bertz CT molecular complexity index is 892. The summed E-state index contributed by atoms with van der Waals surface area (Å²) in [6.45, 7) is 0. The molecule has 4 nitrogen and oxygen atoms in total. The van der Waals surface area contributed by atoms with Crippen LogP contribution < -0.4 is 5.56 Å². The lowest BCUT2D eigenvalue weighted by Gasteiger charge is -2.17. The Morgan fingerprint density at radius 1 is 1.41 bits per heavy atom. The minimum absolute atomic E-state index is 0.243. The predicted octanol–water partition coefficient (Wildman–Crippen LogP) is 4.60. The van der Waals surface area contributed by atoms with Crippen molar-refractivity contribution < 1.29 is 0 Å². The van der Waals surface area contributed by atoms with Gasteiger partial charge in [-0.15, -0.1) is 0 Å². The molecule has 0 radical (unpaired) electrons. The lowest BCUT2D eigenvalue weighted by atomic mass is 10.1. The molecular weight excluding hydrogens is 409 g/mol. The van der Waals surface area contributed by atoms with Gasteiger partial charge in [-0.25, -0.2) is 9.97 Å². The van der Waals surface area contributed by atoms with E-state index in [0.29, 0.717) is 42.7 Å². The van der Waals surface area contributed by atoms with Crippen molar-refractivity contribution in [3.8, 4) is 0 Å². The average Bonchev–Trinajstić information content (AvgIpc) is 2.51. The van der Waals surface area contributed by atoms with Gasteiger partial charge >= 0.3 is 0 Å². The molecule has 0 unspecified atom stereocenters. The number of halogens is 3. The number of thioether (sulfide) groups is 1. The highest BCUT2D eigenvalue weighted by Crippen LogP contribution is 2.34. The van der Waals surface area contributed by atoms with Crippen molar-refractivity contribution in [2.45, 2.75) is 18.0 Å². The van der Waals surface area contributed by atoms with Gasteiger partial charge in [0.2, 0.25) is 0 Å². The van der Waals surface area contributed by atoms with Crippen molar-refractivity contribution in [2.75, 3.05) is 6.26 Å². The zero-order valence-electron chi connectivity index (χ0n) is 11.4. The van der Waals surface area contributed by atoms with Crippen molar-refractivity contribution >= 4 is 67.5 Å². The number of pyridine rings is 1. The van der Waals surface area contributed by atoms with E-state index in [0.717, 1.165) is 6.42 Å². The Hall–Kier alpha value is -0.820. The van der Waals surface area contributed by atoms with Crippen LogP contribution in [-0.4, -0.2) is 20.8 Å². The summed E-state index contributed by atoms with van der Waals surface area (Å²) in [6, 6.07) is 0. The molecule has 0 saturated heterocycles. The van der Waals surface area contributed by atoms with Crippen molar-refractivity contribution in [3.63, 3.8) is 0 Å². The summed E-state index contributed by atoms with van der Waals surface area (Å²) in [4.78, 5) is 21.3. The molecule has 114 valence electrons. The average molecular weight is 419 g/mol. The van der Waals surface area contributed by atoms with Gasteiger partial charge in [0.05, 0.1) is 26.1 Å². The molecule has 2 aromatic rings. The minimum Gasteiger partial charge on any atom is -0.280 e. The van der Waals surface area contributed by atoms with E-state index >= 15 is 0 Å². The van der Waals surface area contributed by atoms with E-state index in [2.05, 4.69) is 25.9 Å². The quantitative estimate of drug-likeness (QED) is 0.528. The van der Waals surface area contributed by atoms with Gasteiger partial charge in [-0.1, -0.05) is 41.0 Å². The number of allylic oxidation sites excluding steroid dienone is 4. The van der Waals surface area contributed by atoms with Crippen LogP contribution in [0, 0.1) is 0 Å². The number of hydrogen-bond donors (Lipinski definition) is 0. The SMILES string of the molecule is CSc1ncc2c(=O)n(C3=C(Cl)CCC=C3Cl)cc(Br)c2n1. The molecule has 2 aromatic heterocycles. The normalized spacial score (nSPS) is 15.4. The highest BCUT2D eigenvalue weighted by Gasteiger charge is 2.19. The Morgan fingerprint density at radius 2 is 2.18 bits per heavy atom. The fourth-order valence-electron chi connectivity index (χ4n) is 2.25. The van der Waals surface area contributed by atoms with Gasteiger partial charge in [0, 0.05) is 17.4 Å². The second kappa shape index (κ2) is 6.35. The first-order valence-corrected chi connectivity index (χ1v) is 9.17. The minimum atomic E-state index is -0.243. The molecule has 0 amide bonds. The summed E-state index contributed by atoms with van der Waals surface area (Å²) in [5.74, 6) is 0. The van der Waals surface area contributed by atoms with Gasteiger partial charge in [-0.3, -0.25) is 9.36 Å². The predicted molar refractivity (Wildman–Crippen MR) is 95.5 cm³/mol. The lowest BCUT2D eigenvalue weighted by Crippen LogP contribution is -2.21. The Morgan fingerprint density at radius 3 is 2.86 bits per heavy atom. The van der Waals surface area contributed by atoms with Gasteiger partial charge in [-0.05, 0) is 35.0 Å². The molecule has 3 rings (SSSR count). The number of nitrogens with zero attached hydrogens (tertiary/aromatic N) is 3. The van der Waals surface area contributed by atoms with E-state index in [1.165, 1.54) is 22.5 Å². The highest BCUT2D eigenvalue weighted by molar-refractivity contribution is 9.10. The molecule has 0 fully saturated rings. The van der Waals surface area contributed by atoms with Crippen LogP contribution in [0.4, 0.5) is 0 Å². The van der Waals surface area contributed by atoms with Gasteiger partial charge in [0.1, 0.15) is 0 Å². The fraction of sp³-hybridized carbons (Fsp3) is 0.214. The molecule has 0 N–H and O–H groups in total. The molecule has 22 heavy (non-hydrogen) atoms. The van der Waals surface area contributed by atoms with E-state index in [1.54, 1.807) is 6.20 Å². The van der Waals surface area contributed by atoms with Crippen LogP contribution in [0.3, 0.4) is 0 Å². The molecule has 0 atom stereocenters. The van der Waals surface area contributed by atoms with Gasteiger partial charge in [-0.2, -0.15) is 0 Å². The number of rotatable bonds is 2. The third kappa shape index (κ3) is 2.73. The zero-order chi connectivity index (χ0) is 15.9. The van der Waals surface area contributed by atoms with Crippen molar-refractivity contribution in [1.29, 1.82) is 0 Å². The molecule has 0 saturated carbocycles. The van der Waals surface area contributed by atoms with E-state index < -0.39 is 0 Å². The first kappa shape index (κ1) is 16.1. The van der Waals surface area contributed by atoms with Crippen LogP contribution >= 0.6 is 50.9 Å². The lowest BCUT2D eigenvalue weighted by molar-refractivity contribution is 0.944. The van der Waals surface area contributed by atoms with Crippen molar-refractivity contribution in [3.05, 3.63) is 43.4 Å². The number of hydrogen-bond acceptors (Lipinski definition) is 4. The molecule has 0 aliphatic heterocycles. The summed E-state index contributed by atoms with van der Waals surface area (Å²) in [7, 11) is 0. The summed E-state index contributed by atoms with van der Waals surface area (Å²) >= 11 is 17.4. The van der Waals surface area contributed by atoms with Crippen LogP contribution in [0.15, 0.2) is 43.0 Å². The second-order valence-corrected chi connectivity index (χ2v) is 7.11. The van der Waals surface area contributed by atoms with E-state index in [1.807, 2.05) is 12.3 Å². The fourth-order valence-corrected chi connectivity index (χ4v) is 3.76. The second-order valence-electron chi connectivity index (χ2n) is 4.62. The largest absolute Gasteiger partial charge is 0.280 e. The van der Waals surface area contributed by atoms with E-state index in [9.17, 15) is 4.79 Å². The maximum atomic E-state index is 12.7. The van der Waals surface area contributed by atoms with Crippen molar-refractivity contribution in [1.82, 2.24) is 14.5 Å². The van der Waals surface area contributed by atoms with Gasteiger partial charge < -0.3 is 0 Å². The zero-order valence-corrected chi connectivity index (χ0v) is 15.4. The molecular formula is C14H10BrCl2N3OS. The first-order chi connectivity index (χ1) is 10.5. The third-order valence-electron chi connectivity index (χ3n) is 3.28. The van der Waals surface area contributed by atoms with E-state index in [-0.39, 0.29) is 5.56 Å². The third-order valence-corrected chi connectivity index (χ3v) is 5.12. The van der Waals surface area contributed by atoms with Gasteiger partial charge in [0.25, 0.3) is 5.56 Å². The molecule has 0 bridgehead atoms. The topological polar surface area (TPSA) is 47.8 Å². The molecule has 1 aliphatic carbocycles. The molecule has 2 heterocycles. The van der Waals surface area contributed by atoms with Crippen LogP contribution in [0.5, 0.6) is 0 Å². The molecule has 1 aliphatic rings. The first-order valence-electron chi connectivity index (χ1n) is 6.40. The maximum absolute atomic E-state index is 12.7. The highest BCUT2D eigenvalue weighted by atomic mass is 79.9. The van der Waals surface area contributed by atoms with Crippen LogP contribution in [0.1, 0.15) is 12.8 Å². The number of fused-ring (bicyclic) bond motifs is 1. The van der Waals surface area contributed by atoms with Crippen LogP contribution in [-0.2, 0) is 0 Å². The standard InChI is InChI=1S/C14H10BrCl2N3OS/c1-22-14-18-5-7-11(19-14)8(15)6-20(13(7)21)12-9(16)3-2-4-10(12)17/h3,5-6H,2,4H2,1H3. The number of aromatic nitrogens is 3. The summed E-state index contributed by atoms with van der Waals surface area (Å²) in [5.41, 5.74) is 0.858. The molecule has 0 aromatic carbocycles. The summed E-state index contributed by atoms with van der Waals surface area (Å²) < 4.78 is 2.14. The monoisotopic (exact) mass is 417 g/mol. The van der Waals surface area contributed by atoms with E-state index in [4.69, 9.17) is 23.2 Å². The summed E-state index contributed by atoms with van der Waals surface area (Å²) in [6.07, 6.45) is 8.36. The Balaban J connectivity index is 2.32.